The summed E-state index contributed by atoms with van der Waals surface area (Å²) in [6.45, 7) is 7.45. The Morgan fingerprint density at radius 1 is 0.873 bits per heavy atom. The number of hydrogen-bond acceptors (Lipinski definition) is 11. The van der Waals surface area contributed by atoms with Gasteiger partial charge in [0.25, 0.3) is 0 Å². The molecule has 8 rings (SSSR count). The number of nitrogens with zero attached hydrogens (tertiary/aromatic N) is 2. The number of amides is 2. The van der Waals surface area contributed by atoms with E-state index in [2.05, 4.69) is 36.2 Å². The van der Waals surface area contributed by atoms with Crippen molar-refractivity contribution in [3.8, 4) is 11.5 Å². The highest BCUT2D eigenvalue weighted by Gasteiger charge is 2.65. The van der Waals surface area contributed by atoms with E-state index in [4.69, 9.17) is 33.7 Å². The van der Waals surface area contributed by atoms with Gasteiger partial charge in [-0.3, -0.25) is 4.90 Å². The second-order valence-electron chi connectivity index (χ2n) is 18.3. The smallest absolute Gasteiger partial charge is 0.412 e. The normalized spacial score (nSPS) is 21.5. The van der Waals surface area contributed by atoms with Gasteiger partial charge in [-0.25, -0.2) is 9.59 Å². The highest BCUT2D eigenvalue weighted by Crippen LogP contribution is 2.62. The molecule has 5 aromatic carbocycles. The van der Waals surface area contributed by atoms with Gasteiger partial charge in [-0.2, -0.15) is 0 Å². The summed E-state index contributed by atoms with van der Waals surface area (Å²) < 4.78 is 32.8. The van der Waals surface area contributed by atoms with E-state index in [1.807, 2.05) is 104 Å². The van der Waals surface area contributed by atoms with Gasteiger partial charge in [0.05, 0.1) is 38.0 Å². The van der Waals surface area contributed by atoms with Crippen molar-refractivity contribution < 1.29 is 48.3 Å². The molecule has 3 aliphatic rings. The fraction of sp³-hybridized carbons (Fsp3) is 0.397. The molecule has 1 fully saturated rings. The number of aliphatic hydroxyl groups excluding tert-OH is 2. The number of unbranched alkanes of at least 4 members (excludes halogenated alkanes) is 2. The summed E-state index contributed by atoms with van der Waals surface area (Å²) in [5, 5.41) is 29.8. The Balaban J connectivity index is 1.25. The lowest BCUT2D eigenvalue weighted by molar-refractivity contribution is -0.256. The molecule has 6 atom stereocenters. The van der Waals surface area contributed by atoms with Crippen molar-refractivity contribution in [1.82, 2.24) is 10.2 Å². The number of carbonyl (C=O) groups is 2. The maximum absolute atomic E-state index is 15.2. The van der Waals surface area contributed by atoms with Crippen LogP contribution < -0.4 is 14.8 Å². The van der Waals surface area contributed by atoms with Crippen LogP contribution in [0.3, 0.4) is 0 Å². The largest absolute Gasteiger partial charge is 0.459 e. The summed E-state index contributed by atoms with van der Waals surface area (Å²) in [6, 6.07) is 38.2. The molecule has 374 valence electrons. The van der Waals surface area contributed by atoms with Crippen LogP contribution in [0, 0.1) is 17.8 Å². The highest BCUT2D eigenvalue weighted by atomic mass is 16.7. The number of nitrogens with one attached hydrogen (secondary N) is 1. The van der Waals surface area contributed by atoms with E-state index in [1.54, 1.807) is 17.0 Å². The van der Waals surface area contributed by atoms with Crippen molar-refractivity contribution >= 4 is 28.7 Å². The second kappa shape index (κ2) is 25.0. The van der Waals surface area contributed by atoms with Crippen molar-refractivity contribution in [2.75, 3.05) is 39.6 Å². The maximum Gasteiger partial charge on any atom is 0.412 e. The number of hydrogen-bond donors (Lipinski definition) is 3. The number of rotatable bonds is 24. The predicted molar refractivity (Wildman–Crippen MR) is 273 cm³/mol. The first-order chi connectivity index (χ1) is 34.9. The molecule has 0 aromatic heterocycles. The van der Waals surface area contributed by atoms with Gasteiger partial charge in [-0.15, -0.1) is 6.58 Å². The first-order valence-corrected chi connectivity index (χ1v) is 25.1. The fourth-order valence-electron chi connectivity index (χ4n) is 10.7. The molecule has 1 heterocycles. The van der Waals surface area contributed by atoms with Crippen LogP contribution in [-0.4, -0.2) is 84.5 Å². The Hall–Kier alpha value is -6.51. The Morgan fingerprint density at radius 2 is 1.61 bits per heavy atom. The van der Waals surface area contributed by atoms with Crippen molar-refractivity contribution in [3.63, 3.8) is 0 Å². The zero-order chi connectivity index (χ0) is 49.4. The van der Waals surface area contributed by atoms with E-state index >= 15 is 4.79 Å². The number of ether oxygens (including phenoxy) is 5. The minimum Gasteiger partial charge on any atom is -0.459 e. The molecule has 1 aliphatic heterocycles. The van der Waals surface area contributed by atoms with Gasteiger partial charge >= 0.3 is 12.2 Å². The topological polar surface area (TPSA) is 158 Å². The quantitative estimate of drug-likeness (QED) is 0.0309. The van der Waals surface area contributed by atoms with Crippen LogP contribution in [0.15, 0.2) is 151 Å². The lowest BCUT2D eigenvalue weighted by atomic mass is 9.55. The molecule has 3 N–H and O–H groups in total. The SMILES string of the molecule is C=CCOC12Oc3ccc(OC(=O)NCc4ccccc4)cc3C3C(CCCCO)C(CCCCO)C=C(C(=NOCC)CC1N(Cc1cccc4ccccc14)C(=O)OCCOCc1ccccc1)C32. The van der Waals surface area contributed by atoms with E-state index in [-0.39, 0.29) is 63.8 Å². The number of allylic oxidation sites excluding steroid dienone is 1. The summed E-state index contributed by atoms with van der Waals surface area (Å²) in [4.78, 5) is 36.3. The van der Waals surface area contributed by atoms with Gasteiger partial charge in [-0.05, 0) is 95.7 Å². The van der Waals surface area contributed by atoms with Crippen LogP contribution >= 0.6 is 0 Å². The summed E-state index contributed by atoms with van der Waals surface area (Å²) in [5.74, 6) is -1.64. The second-order valence-corrected chi connectivity index (χ2v) is 18.3. The molecule has 5 aromatic rings. The van der Waals surface area contributed by atoms with E-state index < -0.39 is 29.9 Å². The standard InChI is InChI=1S/C58H67N3O10/c1-3-32-68-58-53(61(39-45-25-17-24-43-22-11-12-26-47(43)45)57(65)67-34-33-66-40-42-20-9-6-10-21-42)37-51(60-69-4-2)49-35-44(23-13-15-30-62)48(27-14-16-31-63)54(55(49)58)50-36-46(28-29-52(50)71-58)70-56(64)59-38-41-18-7-5-8-19-41/h3,5-12,17-22,24-26,28-29,35-36,44,48,53-55,62-63H,1,4,13-16,23,27,30-34,37-40H2,2H3,(H,59,64). The molecule has 13 heteroatoms. The summed E-state index contributed by atoms with van der Waals surface area (Å²) in [5.41, 5.74) is 5.22. The molecule has 6 unspecified atom stereocenters. The lowest BCUT2D eigenvalue weighted by Gasteiger charge is -2.59. The highest BCUT2D eigenvalue weighted by molar-refractivity contribution is 6.03. The number of aliphatic hydroxyl groups is 2. The first kappa shape index (κ1) is 50.9. The summed E-state index contributed by atoms with van der Waals surface area (Å²) in [7, 11) is 0. The third-order valence-electron chi connectivity index (χ3n) is 13.8. The molecule has 1 saturated carbocycles. The summed E-state index contributed by atoms with van der Waals surface area (Å²) >= 11 is 0. The first-order valence-electron chi connectivity index (χ1n) is 25.1. The maximum atomic E-state index is 15.2. The van der Waals surface area contributed by atoms with Crippen molar-refractivity contribution in [2.24, 2.45) is 22.9 Å². The Labute approximate surface area is 417 Å². The van der Waals surface area contributed by atoms with Gasteiger partial charge in [0.15, 0.2) is 0 Å². The molecule has 2 aliphatic carbocycles. The molecule has 71 heavy (non-hydrogen) atoms. The van der Waals surface area contributed by atoms with Crippen LogP contribution in [0.1, 0.15) is 80.0 Å². The minimum atomic E-state index is -1.54. The minimum absolute atomic E-state index is 0.00408. The molecular weight excluding hydrogens is 899 g/mol. The predicted octanol–water partition coefficient (Wildman–Crippen LogP) is 10.6. The van der Waals surface area contributed by atoms with Crippen LogP contribution in [0.4, 0.5) is 9.59 Å². The fourth-order valence-corrected chi connectivity index (χ4v) is 10.7. The van der Waals surface area contributed by atoms with E-state index in [0.29, 0.717) is 49.8 Å². The zero-order valence-electron chi connectivity index (χ0n) is 40.7. The molecule has 0 spiro atoms. The monoisotopic (exact) mass is 965 g/mol. The van der Waals surface area contributed by atoms with Crippen molar-refractivity contribution in [2.45, 2.75) is 89.3 Å². The average Bonchev–Trinajstić information content (AvgIpc) is 3.40. The number of fused-ring (bicyclic) bond motifs is 3. The molecule has 0 saturated heterocycles. The molecule has 2 amide bonds. The van der Waals surface area contributed by atoms with E-state index in [1.165, 1.54) is 0 Å². The van der Waals surface area contributed by atoms with Gasteiger partial charge < -0.3 is 44.1 Å². The molecule has 13 nitrogen and oxygen atoms in total. The third kappa shape index (κ3) is 12.2. The zero-order valence-corrected chi connectivity index (χ0v) is 40.7. The number of benzene rings is 5. The van der Waals surface area contributed by atoms with Crippen LogP contribution in [0.2, 0.25) is 0 Å². The third-order valence-corrected chi connectivity index (χ3v) is 13.8. The van der Waals surface area contributed by atoms with Crippen LogP contribution in [0.25, 0.3) is 10.8 Å². The molecule has 0 radical (unpaired) electrons. The van der Waals surface area contributed by atoms with Crippen molar-refractivity contribution in [3.05, 3.63) is 168 Å². The van der Waals surface area contributed by atoms with E-state index in [9.17, 15) is 15.0 Å². The van der Waals surface area contributed by atoms with Crippen LogP contribution in [-0.2, 0) is 38.7 Å². The number of oxime groups is 1. The van der Waals surface area contributed by atoms with Gasteiger partial charge in [0.1, 0.15) is 30.8 Å². The Morgan fingerprint density at radius 3 is 2.37 bits per heavy atom. The molecule has 0 bridgehead atoms. The van der Waals surface area contributed by atoms with Crippen molar-refractivity contribution in [1.29, 1.82) is 0 Å². The van der Waals surface area contributed by atoms with Gasteiger partial charge in [-0.1, -0.05) is 133 Å². The van der Waals surface area contributed by atoms with Crippen LogP contribution in [0.5, 0.6) is 11.5 Å². The molecular formula is C58H67N3O10. The summed E-state index contributed by atoms with van der Waals surface area (Å²) in [6.07, 6.45) is 7.29. The van der Waals surface area contributed by atoms with Gasteiger partial charge in [0.2, 0.25) is 5.79 Å². The Bertz CT molecular complexity index is 2600. The Kier molecular flexibility index (Phi) is 17.9. The lowest BCUT2D eigenvalue weighted by Crippen LogP contribution is -2.70. The number of carbonyl (C=O) groups excluding carboxylic acids is 2. The average molecular weight is 966 g/mol. The van der Waals surface area contributed by atoms with E-state index in [0.717, 1.165) is 64.3 Å². The van der Waals surface area contributed by atoms with Gasteiger partial charge in [0, 0.05) is 37.7 Å².